The molecule has 0 aliphatic carbocycles. The molecule has 1 fully saturated rings. The number of hydrogen-bond donors (Lipinski definition) is 2. The van der Waals surface area contributed by atoms with Gasteiger partial charge in [-0.25, -0.2) is 4.39 Å². The van der Waals surface area contributed by atoms with Gasteiger partial charge in [-0.2, -0.15) is 5.10 Å². The van der Waals surface area contributed by atoms with Crippen LogP contribution in [0.5, 0.6) is 11.6 Å². The van der Waals surface area contributed by atoms with Crippen LogP contribution >= 0.6 is 0 Å². The fraction of sp³-hybridized carbons (Fsp3) is 0.480. The van der Waals surface area contributed by atoms with Crippen molar-refractivity contribution >= 4 is 10.9 Å². The Morgan fingerprint density at radius 1 is 1.17 bits per heavy atom. The van der Waals surface area contributed by atoms with Crippen LogP contribution in [0.25, 0.3) is 10.9 Å². The van der Waals surface area contributed by atoms with E-state index in [0.717, 1.165) is 48.1 Å². The molecule has 1 saturated heterocycles. The highest BCUT2D eigenvalue weighted by molar-refractivity contribution is 5.84. The van der Waals surface area contributed by atoms with E-state index in [1.807, 2.05) is 12.1 Å². The summed E-state index contributed by atoms with van der Waals surface area (Å²) in [5.41, 5.74) is 2.98. The molecule has 184 valence electrons. The van der Waals surface area contributed by atoms with Crippen LogP contribution in [0.3, 0.4) is 0 Å². The third kappa shape index (κ3) is 4.26. The lowest BCUT2D eigenvalue weighted by Crippen LogP contribution is -2.42. The maximum Gasteiger partial charge on any atom is 0.276 e. The van der Waals surface area contributed by atoms with E-state index < -0.39 is 6.10 Å². The summed E-state index contributed by atoms with van der Waals surface area (Å²) in [4.78, 5) is 15.4. The van der Waals surface area contributed by atoms with Gasteiger partial charge in [-0.1, -0.05) is 0 Å². The number of aliphatic hydroxyl groups excluding tert-OH is 1. The number of aliphatic hydroxyl groups is 1. The summed E-state index contributed by atoms with van der Waals surface area (Å²) in [7, 11) is 0. The Morgan fingerprint density at radius 3 is 2.86 bits per heavy atom. The molecular formula is C25H28FN5O4. The number of piperidine rings is 1. The zero-order valence-corrected chi connectivity index (χ0v) is 19.4. The minimum atomic E-state index is -0.406. The Bertz CT molecular complexity index is 1320. The molecule has 3 aromatic rings. The molecule has 3 aliphatic heterocycles. The van der Waals surface area contributed by atoms with Crippen molar-refractivity contribution in [2.75, 3.05) is 26.3 Å². The molecule has 0 bridgehead atoms. The molecule has 1 aromatic carbocycles. The zero-order chi connectivity index (χ0) is 23.9. The number of aryl methyl sites for hydroxylation is 2. The van der Waals surface area contributed by atoms with Crippen LogP contribution in [0.15, 0.2) is 29.1 Å². The largest absolute Gasteiger partial charge is 0.484 e. The van der Waals surface area contributed by atoms with Crippen LogP contribution in [-0.2, 0) is 26.1 Å². The normalized spacial score (nSPS) is 20.0. The number of pyridine rings is 1. The molecule has 2 N–H and O–H groups in total. The molecule has 0 amide bonds. The van der Waals surface area contributed by atoms with Gasteiger partial charge < -0.3 is 24.5 Å². The highest BCUT2D eigenvalue weighted by atomic mass is 19.1. The average Bonchev–Trinajstić information content (AvgIpc) is 3.35. The van der Waals surface area contributed by atoms with Crippen LogP contribution in [0.1, 0.15) is 29.7 Å². The summed E-state index contributed by atoms with van der Waals surface area (Å²) < 4.78 is 27.0. The predicted molar refractivity (Wildman–Crippen MR) is 126 cm³/mol. The molecule has 0 saturated carbocycles. The molecule has 1 atom stereocenters. The van der Waals surface area contributed by atoms with Gasteiger partial charge in [0.05, 0.1) is 17.8 Å². The third-order valence-corrected chi connectivity index (χ3v) is 7.20. The smallest absolute Gasteiger partial charge is 0.276 e. The van der Waals surface area contributed by atoms with Crippen molar-refractivity contribution in [2.45, 2.75) is 51.0 Å². The van der Waals surface area contributed by atoms with Gasteiger partial charge in [-0.15, -0.1) is 5.10 Å². The number of halogens is 1. The number of likely N-dealkylation sites (tertiary alicyclic amines) is 1. The molecule has 9 nitrogen and oxygen atoms in total. The van der Waals surface area contributed by atoms with Crippen molar-refractivity contribution in [1.82, 2.24) is 25.0 Å². The summed E-state index contributed by atoms with van der Waals surface area (Å²) in [6, 6.07) is 7.40. The predicted octanol–water partition coefficient (Wildman–Crippen LogP) is 1.37. The maximum absolute atomic E-state index is 14.1. The quantitative estimate of drug-likeness (QED) is 0.545. The Labute approximate surface area is 201 Å². The van der Waals surface area contributed by atoms with Gasteiger partial charge in [0.25, 0.3) is 11.4 Å². The molecular weight excluding hydrogens is 453 g/mol. The van der Waals surface area contributed by atoms with Crippen molar-refractivity contribution in [2.24, 2.45) is 0 Å². The number of rotatable bonds is 6. The average molecular weight is 482 g/mol. The van der Waals surface area contributed by atoms with Gasteiger partial charge in [-0.05, 0) is 55.9 Å². The Hall–Kier alpha value is -3.08. The lowest BCUT2D eigenvalue weighted by molar-refractivity contribution is 0.0398. The molecule has 2 aromatic heterocycles. The number of aromatic nitrogens is 3. The summed E-state index contributed by atoms with van der Waals surface area (Å²) in [6.07, 6.45) is 2.10. The van der Waals surface area contributed by atoms with Crippen LogP contribution in [0.4, 0.5) is 4.39 Å². The standard InChI is InChI=1S/C25H28FN5O4/c26-21-2-1-15-9-16(25(33)31-8-5-20(21)23(15)31)12-30-6-3-17(4-7-30)27-11-18-10-22-24(29-28-18)35-19(13-32)14-34-22/h1-2,9-10,17,19,27,32H,3-8,11-14H2. The summed E-state index contributed by atoms with van der Waals surface area (Å²) in [6.45, 7) is 3.68. The van der Waals surface area contributed by atoms with Crippen molar-refractivity contribution in [3.8, 4) is 11.6 Å². The third-order valence-electron chi connectivity index (χ3n) is 7.20. The molecule has 5 heterocycles. The van der Waals surface area contributed by atoms with Crippen LogP contribution in [-0.4, -0.2) is 63.2 Å². The Morgan fingerprint density at radius 2 is 2.03 bits per heavy atom. The van der Waals surface area contributed by atoms with Gasteiger partial charge in [-0.3, -0.25) is 9.69 Å². The van der Waals surface area contributed by atoms with Gasteiger partial charge in [0.2, 0.25) is 0 Å². The van der Waals surface area contributed by atoms with E-state index in [1.165, 1.54) is 6.07 Å². The summed E-state index contributed by atoms with van der Waals surface area (Å²) in [5, 5.41) is 22.0. The van der Waals surface area contributed by atoms with E-state index in [2.05, 4.69) is 20.4 Å². The maximum atomic E-state index is 14.1. The number of ether oxygens (including phenoxy) is 2. The van der Waals surface area contributed by atoms with E-state index in [-0.39, 0.29) is 18.0 Å². The Balaban J connectivity index is 1.05. The van der Waals surface area contributed by atoms with Crippen molar-refractivity contribution < 1.29 is 19.0 Å². The molecule has 3 aliphatic rings. The molecule has 0 radical (unpaired) electrons. The number of hydrogen-bond acceptors (Lipinski definition) is 8. The summed E-state index contributed by atoms with van der Waals surface area (Å²) >= 11 is 0. The van der Waals surface area contributed by atoms with Gasteiger partial charge in [0.1, 0.15) is 12.4 Å². The van der Waals surface area contributed by atoms with E-state index in [0.29, 0.717) is 55.9 Å². The second-order valence-corrected chi connectivity index (χ2v) is 9.51. The van der Waals surface area contributed by atoms with E-state index in [9.17, 15) is 14.3 Å². The van der Waals surface area contributed by atoms with E-state index >= 15 is 0 Å². The lowest BCUT2D eigenvalue weighted by Gasteiger charge is -2.32. The second-order valence-electron chi connectivity index (χ2n) is 9.51. The minimum absolute atomic E-state index is 0.00425. The van der Waals surface area contributed by atoms with Crippen molar-refractivity contribution in [3.05, 3.63) is 57.3 Å². The first-order valence-corrected chi connectivity index (χ1v) is 12.2. The minimum Gasteiger partial charge on any atom is -0.484 e. The van der Waals surface area contributed by atoms with E-state index in [1.54, 1.807) is 10.6 Å². The molecule has 10 heteroatoms. The first-order chi connectivity index (χ1) is 17.1. The zero-order valence-electron chi connectivity index (χ0n) is 19.4. The SMILES string of the molecule is O=c1c(CN2CCC(NCc3cc4c(nn3)OC(CO)CO4)CC2)cc2ccc(F)c3c2n1CC3. The topological polar surface area (TPSA) is 102 Å². The highest BCUT2D eigenvalue weighted by Gasteiger charge is 2.25. The number of benzene rings is 1. The van der Waals surface area contributed by atoms with E-state index in [4.69, 9.17) is 9.47 Å². The number of nitrogens with zero attached hydrogens (tertiary/aromatic N) is 4. The van der Waals surface area contributed by atoms with Crippen molar-refractivity contribution in [1.29, 1.82) is 0 Å². The van der Waals surface area contributed by atoms with Crippen molar-refractivity contribution in [3.63, 3.8) is 0 Å². The fourth-order valence-corrected chi connectivity index (χ4v) is 5.30. The number of nitrogens with one attached hydrogen (secondary N) is 1. The molecule has 35 heavy (non-hydrogen) atoms. The monoisotopic (exact) mass is 481 g/mol. The molecule has 6 rings (SSSR count). The van der Waals surface area contributed by atoms with Gasteiger partial charge in [0.15, 0.2) is 11.9 Å². The Kier molecular flexibility index (Phi) is 5.87. The molecule has 1 unspecified atom stereocenters. The molecule has 0 spiro atoms. The highest BCUT2D eigenvalue weighted by Crippen LogP contribution is 2.29. The fourth-order valence-electron chi connectivity index (χ4n) is 5.30. The van der Waals surface area contributed by atoms with Gasteiger partial charge in [0, 0.05) is 42.9 Å². The lowest BCUT2D eigenvalue weighted by atomic mass is 10.0. The first kappa shape index (κ1) is 22.4. The summed E-state index contributed by atoms with van der Waals surface area (Å²) in [5.74, 6) is 0.649. The van der Waals surface area contributed by atoms with Crippen LogP contribution < -0.4 is 20.3 Å². The number of fused-ring (bicyclic) bond motifs is 1. The van der Waals surface area contributed by atoms with Crippen LogP contribution in [0.2, 0.25) is 0 Å². The van der Waals surface area contributed by atoms with Gasteiger partial charge >= 0.3 is 0 Å². The van der Waals surface area contributed by atoms with Crippen LogP contribution in [0, 0.1) is 5.82 Å². The second kappa shape index (κ2) is 9.18. The first-order valence-electron chi connectivity index (χ1n) is 12.2.